The van der Waals surface area contributed by atoms with Crippen LogP contribution < -0.4 is 4.74 Å². The zero-order chi connectivity index (χ0) is 15.6. The fraction of sp³-hybridized carbons (Fsp3) is 0.467. The van der Waals surface area contributed by atoms with Gasteiger partial charge in [-0.05, 0) is 31.0 Å². The highest BCUT2D eigenvalue weighted by atomic mass is 35.5. The zero-order valence-electron chi connectivity index (χ0n) is 12.1. The fourth-order valence-corrected chi connectivity index (χ4v) is 2.83. The molecule has 0 aromatic heterocycles. The van der Waals surface area contributed by atoms with Gasteiger partial charge in [-0.1, -0.05) is 18.5 Å². The van der Waals surface area contributed by atoms with Crippen LogP contribution >= 0.6 is 11.6 Å². The van der Waals surface area contributed by atoms with Gasteiger partial charge in [-0.25, -0.2) is 0 Å². The second kappa shape index (κ2) is 5.93. The predicted molar refractivity (Wildman–Crippen MR) is 78.9 cm³/mol. The molecule has 1 fully saturated rings. The number of carbonyl (C=O) groups excluding carboxylic acids is 1. The molecule has 1 aliphatic rings. The quantitative estimate of drug-likeness (QED) is 0.928. The van der Waals surface area contributed by atoms with Crippen molar-refractivity contribution in [2.45, 2.75) is 19.8 Å². The third kappa shape index (κ3) is 2.83. The Morgan fingerprint density at radius 2 is 2.19 bits per heavy atom. The average molecular weight is 312 g/mol. The van der Waals surface area contributed by atoms with Crippen molar-refractivity contribution in [3.8, 4) is 5.75 Å². The van der Waals surface area contributed by atoms with Crippen molar-refractivity contribution in [3.05, 3.63) is 28.8 Å². The molecule has 0 saturated carbocycles. The van der Waals surface area contributed by atoms with E-state index in [4.69, 9.17) is 16.3 Å². The first kappa shape index (κ1) is 15.6. The Bertz CT molecular complexity index is 575. The number of rotatable bonds is 4. The molecule has 6 heteroatoms. The molecular formula is C15H18ClNO4. The summed E-state index contributed by atoms with van der Waals surface area (Å²) < 4.78 is 5.18. The molecule has 1 unspecified atom stereocenters. The molecule has 0 radical (unpaired) electrons. The molecule has 1 aromatic carbocycles. The molecule has 1 aliphatic heterocycles. The monoisotopic (exact) mass is 311 g/mol. The maximum atomic E-state index is 12.6. The van der Waals surface area contributed by atoms with Gasteiger partial charge in [0, 0.05) is 18.1 Å². The molecule has 1 aromatic rings. The Morgan fingerprint density at radius 3 is 2.71 bits per heavy atom. The van der Waals surface area contributed by atoms with E-state index in [0.29, 0.717) is 35.7 Å². The van der Waals surface area contributed by atoms with Crippen molar-refractivity contribution in [1.82, 2.24) is 4.90 Å². The van der Waals surface area contributed by atoms with Gasteiger partial charge in [0.15, 0.2) is 0 Å². The van der Waals surface area contributed by atoms with Crippen LogP contribution in [0.1, 0.15) is 30.1 Å². The number of likely N-dealkylation sites (tertiary alicyclic amines) is 1. The summed E-state index contributed by atoms with van der Waals surface area (Å²) in [6, 6.07) is 4.81. The molecule has 1 amide bonds. The highest BCUT2D eigenvalue weighted by Gasteiger charge is 2.45. The topological polar surface area (TPSA) is 66.8 Å². The minimum Gasteiger partial charge on any atom is -0.496 e. The van der Waals surface area contributed by atoms with E-state index in [1.807, 2.05) is 6.92 Å². The predicted octanol–water partition coefficient (Wildman–Crippen LogP) is 2.68. The van der Waals surface area contributed by atoms with Gasteiger partial charge in [0.1, 0.15) is 5.75 Å². The lowest BCUT2D eigenvalue weighted by Crippen LogP contribution is -2.36. The Morgan fingerprint density at radius 1 is 1.48 bits per heavy atom. The number of aliphatic carboxylic acids is 1. The minimum absolute atomic E-state index is 0.222. The maximum absolute atomic E-state index is 12.6. The Hall–Kier alpha value is -1.75. The number of hydrogen-bond acceptors (Lipinski definition) is 3. The van der Waals surface area contributed by atoms with Crippen molar-refractivity contribution in [3.63, 3.8) is 0 Å². The van der Waals surface area contributed by atoms with Gasteiger partial charge in [0.2, 0.25) is 0 Å². The number of carbonyl (C=O) groups is 2. The van der Waals surface area contributed by atoms with E-state index in [2.05, 4.69) is 0 Å². The Kier molecular flexibility index (Phi) is 4.42. The van der Waals surface area contributed by atoms with Crippen molar-refractivity contribution in [1.29, 1.82) is 0 Å². The first-order valence-electron chi connectivity index (χ1n) is 6.80. The molecule has 1 N–H and O–H groups in total. The number of carboxylic acid groups (broad SMARTS) is 1. The van der Waals surface area contributed by atoms with Crippen LogP contribution in [0.25, 0.3) is 0 Å². The number of benzene rings is 1. The molecule has 1 atom stereocenters. The summed E-state index contributed by atoms with van der Waals surface area (Å²) in [4.78, 5) is 25.6. The summed E-state index contributed by atoms with van der Waals surface area (Å²) in [6.45, 7) is 2.50. The fourth-order valence-electron chi connectivity index (χ4n) is 2.67. The number of nitrogens with zero attached hydrogens (tertiary/aromatic N) is 1. The molecule has 1 saturated heterocycles. The van der Waals surface area contributed by atoms with E-state index >= 15 is 0 Å². The van der Waals surface area contributed by atoms with Gasteiger partial charge in [0.05, 0.1) is 18.1 Å². The van der Waals surface area contributed by atoms with Crippen LogP contribution in [0, 0.1) is 5.41 Å². The molecule has 0 spiro atoms. The first-order chi connectivity index (χ1) is 9.93. The lowest BCUT2D eigenvalue weighted by molar-refractivity contribution is -0.148. The number of carboxylic acids is 1. The van der Waals surface area contributed by atoms with Crippen molar-refractivity contribution in [2.75, 3.05) is 20.2 Å². The molecule has 21 heavy (non-hydrogen) atoms. The SMILES string of the molecule is CCC1(C(=O)O)CCN(C(=O)c2ccc(Cl)cc2OC)C1. The Balaban J connectivity index is 2.25. The number of methoxy groups -OCH3 is 1. The third-order valence-electron chi connectivity index (χ3n) is 4.17. The molecular weight excluding hydrogens is 294 g/mol. The first-order valence-corrected chi connectivity index (χ1v) is 7.17. The number of amides is 1. The zero-order valence-corrected chi connectivity index (χ0v) is 12.8. The van der Waals surface area contributed by atoms with Crippen LogP contribution in [-0.2, 0) is 4.79 Å². The number of halogens is 1. The largest absolute Gasteiger partial charge is 0.496 e. The van der Waals surface area contributed by atoms with Crippen molar-refractivity contribution in [2.24, 2.45) is 5.41 Å². The van der Waals surface area contributed by atoms with Crippen LogP contribution in [-0.4, -0.2) is 42.1 Å². The molecule has 2 rings (SSSR count). The summed E-state index contributed by atoms with van der Waals surface area (Å²) in [5.41, 5.74) is -0.436. The van der Waals surface area contributed by atoms with Gasteiger partial charge < -0.3 is 14.7 Å². The van der Waals surface area contributed by atoms with Crippen LogP contribution in [0.4, 0.5) is 0 Å². The van der Waals surface area contributed by atoms with Crippen LogP contribution in [0.15, 0.2) is 18.2 Å². The summed E-state index contributed by atoms with van der Waals surface area (Å²) in [5, 5.41) is 9.88. The van der Waals surface area contributed by atoms with Gasteiger partial charge in [-0.3, -0.25) is 9.59 Å². The minimum atomic E-state index is -0.844. The lowest BCUT2D eigenvalue weighted by Gasteiger charge is -2.23. The van der Waals surface area contributed by atoms with E-state index in [9.17, 15) is 14.7 Å². The summed E-state index contributed by atoms with van der Waals surface area (Å²) in [7, 11) is 1.47. The highest BCUT2D eigenvalue weighted by Crippen LogP contribution is 2.36. The van der Waals surface area contributed by atoms with Crippen molar-refractivity contribution < 1.29 is 19.4 Å². The lowest BCUT2D eigenvalue weighted by atomic mass is 9.84. The number of hydrogen-bond donors (Lipinski definition) is 1. The van der Waals surface area contributed by atoms with E-state index in [-0.39, 0.29) is 12.5 Å². The van der Waals surface area contributed by atoms with E-state index in [1.54, 1.807) is 23.1 Å². The van der Waals surface area contributed by atoms with Gasteiger partial charge >= 0.3 is 5.97 Å². The molecule has 114 valence electrons. The van der Waals surface area contributed by atoms with Crippen LogP contribution in [0.2, 0.25) is 5.02 Å². The van der Waals surface area contributed by atoms with Gasteiger partial charge in [-0.2, -0.15) is 0 Å². The van der Waals surface area contributed by atoms with E-state index < -0.39 is 11.4 Å². The van der Waals surface area contributed by atoms with Gasteiger partial charge in [0.25, 0.3) is 5.91 Å². The third-order valence-corrected chi connectivity index (χ3v) is 4.40. The molecule has 1 heterocycles. The summed E-state index contributed by atoms with van der Waals surface area (Å²) in [5.74, 6) is -0.666. The number of ether oxygens (including phenoxy) is 1. The summed E-state index contributed by atoms with van der Waals surface area (Å²) in [6.07, 6.45) is 0.977. The van der Waals surface area contributed by atoms with E-state index in [1.165, 1.54) is 7.11 Å². The normalized spacial score (nSPS) is 21.4. The second-order valence-corrected chi connectivity index (χ2v) is 5.70. The van der Waals surface area contributed by atoms with Crippen molar-refractivity contribution >= 4 is 23.5 Å². The van der Waals surface area contributed by atoms with Crippen LogP contribution in [0.3, 0.4) is 0 Å². The molecule has 0 bridgehead atoms. The van der Waals surface area contributed by atoms with Crippen LogP contribution in [0.5, 0.6) is 5.75 Å². The smallest absolute Gasteiger partial charge is 0.311 e. The maximum Gasteiger partial charge on any atom is 0.311 e. The highest BCUT2D eigenvalue weighted by molar-refractivity contribution is 6.30. The molecule has 0 aliphatic carbocycles. The second-order valence-electron chi connectivity index (χ2n) is 5.26. The van der Waals surface area contributed by atoms with Gasteiger partial charge in [-0.15, -0.1) is 0 Å². The summed E-state index contributed by atoms with van der Waals surface area (Å²) >= 11 is 5.89. The standard InChI is InChI=1S/C15H18ClNO4/c1-3-15(14(19)20)6-7-17(9-15)13(18)11-5-4-10(16)8-12(11)21-2/h4-5,8H,3,6-7,9H2,1-2H3,(H,19,20). The Labute approximate surface area is 128 Å². The van der Waals surface area contributed by atoms with E-state index in [0.717, 1.165) is 0 Å². The average Bonchev–Trinajstić information content (AvgIpc) is 2.92. The molecule has 5 nitrogen and oxygen atoms in total.